The van der Waals surface area contributed by atoms with Crippen LogP contribution in [0.2, 0.25) is 0 Å². The molecule has 18 heavy (non-hydrogen) atoms. The third-order valence-electron chi connectivity index (χ3n) is 2.60. The molecule has 1 aromatic carbocycles. The van der Waals surface area contributed by atoms with Crippen LogP contribution in [0.3, 0.4) is 0 Å². The first kappa shape index (κ1) is 15.7. The fourth-order valence-electron chi connectivity index (χ4n) is 1.53. The number of carbonyl (C=O) groups excluding carboxylic acids is 1. The SMILES string of the molecule is CC(CO)CCCNC(=O)c1cc(Br)cc(Br)c1. The summed E-state index contributed by atoms with van der Waals surface area (Å²) in [4.78, 5) is 11.9. The van der Waals surface area contributed by atoms with E-state index in [0.717, 1.165) is 21.8 Å². The zero-order valence-electron chi connectivity index (χ0n) is 10.2. The maximum atomic E-state index is 11.9. The number of aliphatic hydroxyl groups excluding tert-OH is 1. The number of rotatable bonds is 6. The lowest BCUT2D eigenvalue weighted by Gasteiger charge is -2.09. The molecule has 1 rings (SSSR count). The van der Waals surface area contributed by atoms with Gasteiger partial charge in [0, 0.05) is 27.7 Å². The van der Waals surface area contributed by atoms with Crippen molar-refractivity contribution in [2.75, 3.05) is 13.2 Å². The predicted molar refractivity (Wildman–Crippen MR) is 79.7 cm³/mol. The first-order valence-corrected chi connectivity index (χ1v) is 7.46. The lowest BCUT2D eigenvalue weighted by atomic mass is 10.1. The molecule has 0 bridgehead atoms. The summed E-state index contributed by atoms with van der Waals surface area (Å²) >= 11 is 6.71. The highest BCUT2D eigenvalue weighted by Gasteiger charge is 2.07. The van der Waals surface area contributed by atoms with Crippen LogP contribution in [0.1, 0.15) is 30.1 Å². The number of amides is 1. The van der Waals surface area contributed by atoms with E-state index in [1.807, 2.05) is 13.0 Å². The quantitative estimate of drug-likeness (QED) is 0.745. The topological polar surface area (TPSA) is 49.3 Å². The molecule has 1 atom stereocenters. The number of aliphatic hydroxyl groups is 1. The highest BCUT2D eigenvalue weighted by atomic mass is 79.9. The number of hydrogen-bond acceptors (Lipinski definition) is 2. The van der Waals surface area contributed by atoms with Gasteiger partial charge in [0.1, 0.15) is 0 Å². The molecule has 0 aliphatic rings. The molecule has 1 unspecified atom stereocenters. The van der Waals surface area contributed by atoms with Crippen molar-refractivity contribution in [3.05, 3.63) is 32.7 Å². The third-order valence-corrected chi connectivity index (χ3v) is 3.51. The number of carbonyl (C=O) groups is 1. The van der Waals surface area contributed by atoms with Crippen LogP contribution in [-0.4, -0.2) is 24.2 Å². The number of hydrogen-bond donors (Lipinski definition) is 2. The molecule has 2 N–H and O–H groups in total. The van der Waals surface area contributed by atoms with E-state index in [2.05, 4.69) is 37.2 Å². The molecular weight excluding hydrogens is 362 g/mol. The van der Waals surface area contributed by atoms with Crippen LogP contribution in [0.25, 0.3) is 0 Å². The van der Waals surface area contributed by atoms with Gasteiger partial charge in [0.25, 0.3) is 5.91 Å². The van der Waals surface area contributed by atoms with Crippen molar-refractivity contribution in [1.29, 1.82) is 0 Å². The summed E-state index contributed by atoms with van der Waals surface area (Å²) < 4.78 is 1.74. The van der Waals surface area contributed by atoms with Crippen molar-refractivity contribution in [2.24, 2.45) is 5.92 Å². The minimum Gasteiger partial charge on any atom is -0.396 e. The van der Waals surface area contributed by atoms with Gasteiger partial charge in [-0.25, -0.2) is 0 Å². The molecule has 0 aromatic heterocycles. The van der Waals surface area contributed by atoms with Gasteiger partial charge >= 0.3 is 0 Å². The number of halogens is 2. The van der Waals surface area contributed by atoms with Crippen molar-refractivity contribution >= 4 is 37.8 Å². The normalized spacial score (nSPS) is 12.2. The van der Waals surface area contributed by atoms with Gasteiger partial charge in [-0.2, -0.15) is 0 Å². The maximum absolute atomic E-state index is 11.9. The van der Waals surface area contributed by atoms with Gasteiger partial charge in [-0.1, -0.05) is 38.8 Å². The van der Waals surface area contributed by atoms with Crippen molar-refractivity contribution in [1.82, 2.24) is 5.32 Å². The molecule has 3 nitrogen and oxygen atoms in total. The second-order valence-electron chi connectivity index (χ2n) is 4.34. The summed E-state index contributed by atoms with van der Waals surface area (Å²) in [6.45, 7) is 2.83. The Morgan fingerprint density at radius 3 is 2.50 bits per heavy atom. The fourth-order valence-corrected chi connectivity index (χ4v) is 2.82. The minimum atomic E-state index is -0.0753. The van der Waals surface area contributed by atoms with E-state index in [0.29, 0.717) is 18.0 Å². The van der Waals surface area contributed by atoms with E-state index in [1.165, 1.54) is 0 Å². The van der Waals surface area contributed by atoms with Gasteiger partial charge in [0.2, 0.25) is 0 Å². The van der Waals surface area contributed by atoms with Crippen LogP contribution in [0.4, 0.5) is 0 Å². The first-order chi connectivity index (χ1) is 8.52. The predicted octanol–water partition coefficient (Wildman–Crippen LogP) is 3.35. The summed E-state index contributed by atoms with van der Waals surface area (Å²) in [5, 5.41) is 11.8. The Balaban J connectivity index is 2.41. The molecule has 0 radical (unpaired) electrons. The molecule has 1 aromatic rings. The molecule has 1 amide bonds. The standard InChI is InChI=1S/C13H17Br2NO2/c1-9(8-17)3-2-4-16-13(18)10-5-11(14)7-12(15)6-10/h5-7,9,17H,2-4,8H2,1H3,(H,16,18). The van der Waals surface area contributed by atoms with Crippen LogP contribution in [0, 0.1) is 5.92 Å². The van der Waals surface area contributed by atoms with Gasteiger partial charge in [0.15, 0.2) is 0 Å². The molecule has 0 saturated carbocycles. The summed E-state index contributed by atoms with van der Waals surface area (Å²) in [7, 11) is 0. The second-order valence-corrected chi connectivity index (χ2v) is 6.18. The van der Waals surface area contributed by atoms with E-state index < -0.39 is 0 Å². The summed E-state index contributed by atoms with van der Waals surface area (Å²) in [5.41, 5.74) is 0.631. The maximum Gasteiger partial charge on any atom is 0.251 e. The summed E-state index contributed by atoms with van der Waals surface area (Å²) in [6.07, 6.45) is 1.79. The Morgan fingerprint density at radius 2 is 1.94 bits per heavy atom. The van der Waals surface area contributed by atoms with Crippen LogP contribution in [0.5, 0.6) is 0 Å². The molecule has 0 aliphatic carbocycles. The molecule has 0 heterocycles. The van der Waals surface area contributed by atoms with Gasteiger partial charge in [-0.05, 0) is 37.0 Å². The largest absolute Gasteiger partial charge is 0.396 e. The van der Waals surface area contributed by atoms with Crippen LogP contribution < -0.4 is 5.32 Å². The smallest absolute Gasteiger partial charge is 0.251 e. The number of benzene rings is 1. The molecule has 0 fully saturated rings. The van der Waals surface area contributed by atoms with Gasteiger partial charge in [-0.15, -0.1) is 0 Å². The monoisotopic (exact) mass is 377 g/mol. The summed E-state index contributed by atoms with van der Waals surface area (Å²) in [5.74, 6) is 0.218. The Morgan fingerprint density at radius 1 is 1.33 bits per heavy atom. The van der Waals surface area contributed by atoms with Crippen LogP contribution >= 0.6 is 31.9 Å². The number of nitrogens with one attached hydrogen (secondary N) is 1. The highest BCUT2D eigenvalue weighted by Crippen LogP contribution is 2.20. The zero-order valence-corrected chi connectivity index (χ0v) is 13.4. The minimum absolute atomic E-state index is 0.0753. The van der Waals surface area contributed by atoms with E-state index in [4.69, 9.17) is 5.11 Å². The molecule has 0 aliphatic heterocycles. The second kappa shape index (κ2) is 7.92. The molecule has 0 spiro atoms. The van der Waals surface area contributed by atoms with Crippen molar-refractivity contribution in [2.45, 2.75) is 19.8 Å². The molecule has 100 valence electrons. The van der Waals surface area contributed by atoms with Crippen molar-refractivity contribution < 1.29 is 9.90 Å². The fraction of sp³-hybridized carbons (Fsp3) is 0.462. The van der Waals surface area contributed by atoms with Crippen molar-refractivity contribution in [3.63, 3.8) is 0 Å². The Bertz CT molecular complexity index is 390. The molecule has 0 saturated heterocycles. The molecular formula is C13H17Br2NO2. The summed E-state index contributed by atoms with van der Waals surface area (Å²) in [6, 6.07) is 5.46. The average Bonchev–Trinajstić information content (AvgIpc) is 2.32. The van der Waals surface area contributed by atoms with Crippen LogP contribution in [-0.2, 0) is 0 Å². The Kier molecular flexibility index (Phi) is 6.89. The van der Waals surface area contributed by atoms with E-state index >= 15 is 0 Å². The van der Waals surface area contributed by atoms with Gasteiger partial charge < -0.3 is 10.4 Å². The zero-order chi connectivity index (χ0) is 13.5. The van der Waals surface area contributed by atoms with Crippen molar-refractivity contribution in [3.8, 4) is 0 Å². The average molecular weight is 379 g/mol. The lowest BCUT2D eigenvalue weighted by molar-refractivity contribution is 0.0952. The van der Waals surface area contributed by atoms with Gasteiger partial charge in [0.05, 0.1) is 0 Å². The van der Waals surface area contributed by atoms with E-state index in [-0.39, 0.29) is 12.5 Å². The van der Waals surface area contributed by atoms with E-state index in [1.54, 1.807) is 12.1 Å². The first-order valence-electron chi connectivity index (χ1n) is 5.88. The lowest BCUT2D eigenvalue weighted by Crippen LogP contribution is -2.24. The molecule has 5 heteroatoms. The van der Waals surface area contributed by atoms with Crippen LogP contribution in [0.15, 0.2) is 27.1 Å². The van der Waals surface area contributed by atoms with E-state index in [9.17, 15) is 4.79 Å². The Hall–Kier alpha value is -0.390. The third kappa shape index (κ3) is 5.50. The van der Waals surface area contributed by atoms with Gasteiger partial charge in [-0.3, -0.25) is 4.79 Å². The highest BCUT2D eigenvalue weighted by molar-refractivity contribution is 9.11. The Labute approximate surface area is 124 Å².